The number of ether oxygens (including phenoxy) is 2. The number of nitrogens with one attached hydrogen (secondary N) is 1. The van der Waals surface area contributed by atoms with E-state index >= 15 is 0 Å². The van der Waals surface area contributed by atoms with Gasteiger partial charge in [0, 0.05) is 43.1 Å². The van der Waals surface area contributed by atoms with Gasteiger partial charge in [-0.1, -0.05) is 0 Å². The van der Waals surface area contributed by atoms with E-state index in [2.05, 4.69) is 37.4 Å². The smallest absolute Gasteiger partial charge is 0.101 e. The van der Waals surface area contributed by atoms with Crippen molar-refractivity contribution in [2.24, 2.45) is 0 Å². The molecule has 1 aromatic rings. The molecule has 2 fully saturated rings. The molecule has 0 unspecified atom stereocenters. The maximum Gasteiger partial charge on any atom is 0.101 e. The monoisotopic (exact) mass is 293 g/mol. The lowest BCUT2D eigenvalue weighted by molar-refractivity contribution is -0.0154. The van der Waals surface area contributed by atoms with E-state index < -0.39 is 0 Å². The van der Waals surface area contributed by atoms with Crippen LogP contribution in [0, 0.1) is 0 Å². The maximum atomic E-state index is 5.94. The molecule has 1 saturated heterocycles. The number of hydrogen-bond acceptors (Lipinski definition) is 4. The average molecular weight is 293 g/mol. The minimum Gasteiger partial charge on any atom is -0.378 e. The Kier molecular flexibility index (Phi) is 4.62. The molecule has 5 nitrogen and oxygen atoms in total. The van der Waals surface area contributed by atoms with Crippen LogP contribution in [0.25, 0.3) is 0 Å². The molecule has 0 bridgehead atoms. The zero-order valence-corrected chi connectivity index (χ0v) is 13.3. The molecule has 1 saturated carbocycles. The quantitative estimate of drug-likeness (QED) is 0.875. The minimum absolute atomic E-state index is 0.142. The Labute approximate surface area is 127 Å². The first-order valence-electron chi connectivity index (χ1n) is 8.20. The fourth-order valence-electron chi connectivity index (χ4n) is 3.25. The van der Waals surface area contributed by atoms with Gasteiger partial charge in [0.15, 0.2) is 0 Å². The summed E-state index contributed by atoms with van der Waals surface area (Å²) in [7, 11) is 0. The Bertz CT molecular complexity index is 454. The van der Waals surface area contributed by atoms with E-state index in [9.17, 15) is 0 Å². The van der Waals surface area contributed by atoms with Crippen LogP contribution in [0.4, 0.5) is 0 Å². The second kappa shape index (κ2) is 6.46. The molecule has 2 aliphatic rings. The van der Waals surface area contributed by atoms with Crippen molar-refractivity contribution in [2.75, 3.05) is 13.2 Å². The molecule has 0 spiro atoms. The summed E-state index contributed by atoms with van der Waals surface area (Å²) in [6.07, 6.45) is 8.01. The zero-order chi connectivity index (χ0) is 14.8. The number of hydrogen-bond donors (Lipinski definition) is 1. The van der Waals surface area contributed by atoms with Crippen LogP contribution in [0.2, 0.25) is 0 Å². The Morgan fingerprint density at radius 1 is 1.48 bits per heavy atom. The third kappa shape index (κ3) is 3.30. The molecule has 1 N–H and O–H groups in total. The molecule has 3 rings (SSSR count). The van der Waals surface area contributed by atoms with E-state index in [1.54, 1.807) is 0 Å². The van der Waals surface area contributed by atoms with Gasteiger partial charge in [0.1, 0.15) is 6.10 Å². The molecule has 2 heterocycles. The summed E-state index contributed by atoms with van der Waals surface area (Å²) in [6, 6.07) is 1.38. The van der Waals surface area contributed by atoms with Crippen LogP contribution >= 0.6 is 0 Å². The van der Waals surface area contributed by atoms with Crippen molar-refractivity contribution in [1.29, 1.82) is 0 Å². The van der Waals surface area contributed by atoms with Crippen molar-refractivity contribution in [3.63, 3.8) is 0 Å². The molecule has 1 aliphatic heterocycles. The van der Waals surface area contributed by atoms with Gasteiger partial charge in [0.25, 0.3) is 0 Å². The number of aromatic nitrogens is 2. The zero-order valence-electron chi connectivity index (χ0n) is 13.3. The molecule has 0 aromatic carbocycles. The van der Waals surface area contributed by atoms with Gasteiger partial charge < -0.3 is 14.8 Å². The van der Waals surface area contributed by atoms with Crippen LogP contribution in [0.5, 0.6) is 0 Å². The van der Waals surface area contributed by atoms with E-state index in [0.717, 1.165) is 32.5 Å². The molecular weight excluding hydrogens is 266 g/mol. The summed E-state index contributed by atoms with van der Waals surface area (Å²) >= 11 is 0. The average Bonchev–Trinajstić information content (AvgIpc) is 3.04. The Morgan fingerprint density at radius 3 is 2.95 bits per heavy atom. The van der Waals surface area contributed by atoms with Crippen LogP contribution in [0.1, 0.15) is 57.7 Å². The Hall–Kier alpha value is -0.910. The van der Waals surface area contributed by atoms with E-state index in [-0.39, 0.29) is 6.10 Å². The van der Waals surface area contributed by atoms with E-state index in [4.69, 9.17) is 9.47 Å². The first-order valence-corrected chi connectivity index (χ1v) is 8.20. The molecular formula is C16H27N3O2. The highest BCUT2D eigenvalue weighted by Crippen LogP contribution is 2.32. The number of rotatable bonds is 6. The van der Waals surface area contributed by atoms with Gasteiger partial charge in [0.2, 0.25) is 0 Å². The highest BCUT2D eigenvalue weighted by Gasteiger charge is 2.36. The number of nitrogens with zero attached hydrogens (tertiary/aromatic N) is 2. The second-order valence-corrected chi connectivity index (χ2v) is 6.45. The summed E-state index contributed by atoms with van der Waals surface area (Å²) in [5, 5.41) is 8.18. The van der Waals surface area contributed by atoms with Gasteiger partial charge in [-0.05, 0) is 40.0 Å². The normalized spacial score (nSPS) is 32.6. The van der Waals surface area contributed by atoms with Gasteiger partial charge in [-0.15, -0.1) is 0 Å². The van der Waals surface area contributed by atoms with E-state index in [1.165, 1.54) is 5.56 Å². The standard InChI is InChI=1S/C16H27N3O2/c1-4-20-14-7-13(8-14)18-15-5-6-21-16(15)12-9-17-19(10-12)11(2)3/h9-11,13-16,18H,4-8H2,1-3H3/t13?,14?,15-,16+/m0/s1. The molecule has 5 heteroatoms. The third-order valence-corrected chi connectivity index (χ3v) is 4.52. The van der Waals surface area contributed by atoms with Crippen LogP contribution in [0.3, 0.4) is 0 Å². The summed E-state index contributed by atoms with van der Waals surface area (Å²) in [5.41, 5.74) is 1.19. The fourth-order valence-corrected chi connectivity index (χ4v) is 3.25. The molecule has 21 heavy (non-hydrogen) atoms. The van der Waals surface area contributed by atoms with Gasteiger partial charge in [0.05, 0.1) is 12.3 Å². The molecule has 2 atom stereocenters. The van der Waals surface area contributed by atoms with Crippen molar-refractivity contribution < 1.29 is 9.47 Å². The largest absolute Gasteiger partial charge is 0.378 e. The van der Waals surface area contributed by atoms with Gasteiger partial charge in [-0.2, -0.15) is 5.10 Å². The highest BCUT2D eigenvalue weighted by molar-refractivity contribution is 5.13. The van der Waals surface area contributed by atoms with Crippen molar-refractivity contribution >= 4 is 0 Å². The van der Waals surface area contributed by atoms with Crippen molar-refractivity contribution in [1.82, 2.24) is 15.1 Å². The summed E-state index contributed by atoms with van der Waals surface area (Å²) < 4.78 is 13.6. The second-order valence-electron chi connectivity index (χ2n) is 6.45. The molecule has 0 amide bonds. The Balaban J connectivity index is 1.55. The van der Waals surface area contributed by atoms with E-state index in [1.807, 2.05) is 10.9 Å². The predicted octanol–water partition coefficient (Wildman–Crippen LogP) is 2.45. The first kappa shape index (κ1) is 15.0. The van der Waals surface area contributed by atoms with Gasteiger partial charge in [-0.25, -0.2) is 0 Å². The lowest BCUT2D eigenvalue weighted by Gasteiger charge is -2.38. The van der Waals surface area contributed by atoms with Crippen LogP contribution < -0.4 is 5.32 Å². The van der Waals surface area contributed by atoms with Crippen LogP contribution in [0.15, 0.2) is 12.4 Å². The van der Waals surface area contributed by atoms with Crippen molar-refractivity contribution in [3.8, 4) is 0 Å². The SMILES string of the molecule is CCOC1CC(N[C@H]2CCO[C@@H]2c2cnn(C(C)C)c2)C1. The Morgan fingerprint density at radius 2 is 2.29 bits per heavy atom. The fraction of sp³-hybridized carbons (Fsp3) is 0.812. The maximum absolute atomic E-state index is 5.94. The van der Waals surface area contributed by atoms with Crippen molar-refractivity contribution in [2.45, 2.75) is 70.4 Å². The molecule has 0 radical (unpaired) electrons. The third-order valence-electron chi connectivity index (χ3n) is 4.52. The summed E-state index contributed by atoms with van der Waals surface area (Å²) in [4.78, 5) is 0. The summed E-state index contributed by atoms with van der Waals surface area (Å²) in [6.45, 7) is 8.00. The molecule has 1 aromatic heterocycles. The lowest BCUT2D eigenvalue weighted by Crippen LogP contribution is -2.50. The summed E-state index contributed by atoms with van der Waals surface area (Å²) in [5.74, 6) is 0. The van der Waals surface area contributed by atoms with Crippen LogP contribution in [-0.4, -0.2) is 41.2 Å². The molecule has 1 aliphatic carbocycles. The van der Waals surface area contributed by atoms with Gasteiger partial charge in [-0.3, -0.25) is 4.68 Å². The predicted molar refractivity (Wildman–Crippen MR) is 81.3 cm³/mol. The molecule has 118 valence electrons. The lowest BCUT2D eigenvalue weighted by atomic mass is 9.87. The topological polar surface area (TPSA) is 48.3 Å². The van der Waals surface area contributed by atoms with E-state index in [0.29, 0.717) is 24.2 Å². The van der Waals surface area contributed by atoms with Crippen molar-refractivity contribution in [3.05, 3.63) is 18.0 Å². The van der Waals surface area contributed by atoms with Gasteiger partial charge >= 0.3 is 0 Å². The highest BCUT2D eigenvalue weighted by atomic mass is 16.5. The first-order chi connectivity index (χ1) is 10.2. The minimum atomic E-state index is 0.142. The van der Waals surface area contributed by atoms with Crippen LogP contribution in [-0.2, 0) is 9.47 Å².